The molecule has 1 aliphatic heterocycles. The lowest BCUT2D eigenvalue weighted by molar-refractivity contribution is -0.131. The zero-order valence-corrected chi connectivity index (χ0v) is 12.3. The van der Waals surface area contributed by atoms with Crippen molar-refractivity contribution in [2.24, 2.45) is 0 Å². The van der Waals surface area contributed by atoms with E-state index in [2.05, 4.69) is 12.2 Å². The maximum Gasteiger partial charge on any atom is 0.238 e. The van der Waals surface area contributed by atoms with Gasteiger partial charge < -0.3 is 14.4 Å². The Morgan fingerprint density at radius 3 is 2.80 bits per heavy atom. The zero-order valence-electron chi connectivity index (χ0n) is 12.3. The van der Waals surface area contributed by atoms with E-state index in [1.807, 2.05) is 29.2 Å². The highest BCUT2D eigenvalue weighted by Gasteiger charge is 2.37. The van der Waals surface area contributed by atoms with E-state index >= 15 is 0 Å². The molecular weight excluding hydrogens is 256 g/mol. The van der Waals surface area contributed by atoms with Gasteiger partial charge >= 0.3 is 0 Å². The average molecular weight is 278 g/mol. The predicted octanol–water partition coefficient (Wildman–Crippen LogP) is 1.55. The third kappa shape index (κ3) is 2.78. The number of methoxy groups -OCH3 is 2. The van der Waals surface area contributed by atoms with Crippen LogP contribution in [0.25, 0.3) is 0 Å². The van der Waals surface area contributed by atoms with Crippen molar-refractivity contribution in [3.05, 3.63) is 29.8 Å². The largest absolute Gasteiger partial charge is 0.496 e. The quantitative estimate of drug-likeness (QED) is 0.858. The molecule has 110 valence electrons. The molecule has 2 rings (SSSR count). The lowest BCUT2D eigenvalue weighted by atomic mass is 10.1. The smallest absolute Gasteiger partial charge is 0.238 e. The third-order valence-corrected chi connectivity index (χ3v) is 3.67. The SMILES string of the molecule is CCC(COC)N1C(=O)CNC1c1ccccc1OC. The normalized spacial score (nSPS) is 20.2. The van der Waals surface area contributed by atoms with Crippen LogP contribution in [0, 0.1) is 0 Å². The van der Waals surface area contributed by atoms with Crippen LogP contribution < -0.4 is 10.1 Å². The van der Waals surface area contributed by atoms with Crippen LogP contribution in [0.4, 0.5) is 0 Å². The third-order valence-electron chi connectivity index (χ3n) is 3.67. The number of para-hydroxylation sites is 1. The molecule has 0 spiro atoms. The Morgan fingerprint density at radius 1 is 1.40 bits per heavy atom. The van der Waals surface area contributed by atoms with Crippen molar-refractivity contribution in [3.8, 4) is 5.75 Å². The summed E-state index contributed by atoms with van der Waals surface area (Å²) in [6, 6.07) is 7.85. The molecule has 1 amide bonds. The number of nitrogens with zero attached hydrogens (tertiary/aromatic N) is 1. The van der Waals surface area contributed by atoms with E-state index in [9.17, 15) is 4.79 Å². The van der Waals surface area contributed by atoms with E-state index in [0.717, 1.165) is 17.7 Å². The Hall–Kier alpha value is -1.59. The van der Waals surface area contributed by atoms with E-state index in [-0.39, 0.29) is 18.1 Å². The fourth-order valence-electron chi connectivity index (χ4n) is 2.67. The first-order valence-corrected chi connectivity index (χ1v) is 6.89. The fraction of sp³-hybridized carbons (Fsp3) is 0.533. The van der Waals surface area contributed by atoms with Crippen molar-refractivity contribution < 1.29 is 14.3 Å². The van der Waals surface area contributed by atoms with E-state index in [1.54, 1.807) is 14.2 Å². The van der Waals surface area contributed by atoms with Gasteiger partial charge in [-0.3, -0.25) is 10.1 Å². The minimum absolute atomic E-state index is 0.0670. The van der Waals surface area contributed by atoms with Crippen LogP contribution in [0.2, 0.25) is 0 Å². The molecule has 20 heavy (non-hydrogen) atoms. The molecule has 0 aromatic heterocycles. The Balaban J connectivity index is 2.31. The summed E-state index contributed by atoms with van der Waals surface area (Å²) < 4.78 is 10.6. The summed E-state index contributed by atoms with van der Waals surface area (Å²) in [6.45, 7) is 2.95. The van der Waals surface area contributed by atoms with Crippen molar-refractivity contribution >= 4 is 5.91 Å². The van der Waals surface area contributed by atoms with Crippen LogP contribution in [-0.4, -0.2) is 44.2 Å². The number of ether oxygens (including phenoxy) is 2. The Labute approximate surface area is 119 Å². The second kappa shape index (κ2) is 6.72. The number of benzene rings is 1. The monoisotopic (exact) mass is 278 g/mol. The highest BCUT2D eigenvalue weighted by molar-refractivity contribution is 5.81. The standard InChI is InChI=1S/C15H22N2O3/c1-4-11(10-19-2)17-14(18)9-16-15(17)12-7-5-6-8-13(12)20-3/h5-8,11,15-16H,4,9-10H2,1-3H3. The van der Waals surface area contributed by atoms with Crippen LogP contribution in [0.15, 0.2) is 24.3 Å². The molecule has 1 fully saturated rings. The highest BCUT2D eigenvalue weighted by Crippen LogP contribution is 2.32. The number of amides is 1. The Kier molecular flexibility index (Phi) is 4.98. The molecule has 2 atom stereocenters. The first-order chi connectivity index (χ1) is 9.72. The van der Waals surface area contributed by atoms with Crippen molar-refractivity contribution in [3.63, 3.8) is 0 Å². The Bertz CT molecular complexity index is 464. The molecule has 0 bridgehead atoms. The minimum Gasteiger partial charge on any atom is -0.496 e. The molecule has 0 radical (unpaired) electrons. The molecule has 0 saturated carbocycles. The van der Waals surface area contributed by atoms with Gasteiger partial charge in [-0.1, -0.05) is 25.1 Å². The molecule has 2 unspecified atom stereocenters. The molecule has 5 nitrogen and oxygen atoms in total. The van der Waals surface area contributed by atoms with Gasteiger partial charge in [-0.2, -0.15) is 0 Å². The maximum absolute atomic E-state index is 12.2. The summed E-state index contributed by atoms with van der Waals surface area (Å²) in [5.74, 6) is 0.891. The summed E-state index contributed by atoms with van der Waals surface area (Å²) >= 11 is 0. The molecule has 1 aliphatic rings. The summed E-state index contributed by atoms with van der Waals surface area (Å²) in [5, 5.41) is 3.26. The number of hydrogen-bond acceptors (Lipinski definition) is 4. The average Bonchev–Trinajstić information content (AvgIpc) is 2.86. The van der Waals surface area contributed by atoms with E-state index in [0.29, 0.717) is 13.2 Å². The molecule has 1 saturated heterocycles. The van der Waals surface area contributed by atoms with Crippen molar-refractivity contribution in [2.75, 3.05) is 27.4 Å². The number of carbonyl (C=O) groups is 1. The van der Waals surface area contributed by atoms with E-state index in [4.69, 9.17) is 9.47 Å². The van der Waals surface area contributed by atoms with Crippen molar-refractivity contribution in [1.82, 2.24) is 10.2 Å². The van der Waals surface area contributed by atoms with Crippen LogP contribution in [-0.2, 0) is 9.53 Å². The van der Waals surface area contributed by atoms with Crippen LogP contribution in [0.1, 0.15) is 25.1 Å². The highest BCUT2D eigenvalue weighted by atomic mass is 16.5. The van der Waals surface area contributed by atoms with Crippen molar-refractivity contribution in [2.45, 2.75) is 25.6 Å². The summed E-state index contributed by atoms with van der Waals surface area (Å²) in [7, 11) is 3.31. The van der Waals surface area contributed by atoms with Crippen LogP contribution in [0.3, 0.4) is 0 Å². The van der Waals surface area contributed by atoms with Gasteiger partial charge in [0, 0.05) is 12.7 Å². The molecule has 1 heterocycles. The molecule has 1 aromatic carbocycles. The van der Waals surface area contributed by atoms with Gasteiger partial charge in [-0.15, -0.1) is 0 Å². The molecule has 0 aliphatic carbocycles. The fourth-order valence-corrected chi connectivity index (χ4v) is 2.67. The lowest BCUT2D eigenvalue weighted by Crippen LogP contribution is -2.42. The second-order valence-electron chi connectivity index (χ2n) is 4.84. The van der Waals surface area contributed by atoms with Gasteiger partial charge in [0.05, 0.1) is 26.3 Å². The van der Waals surface area contributed by atoms with Crippen molar-refractivity contribution in [1.29, 1.82) is 0 Å². The number of hydrogen-bond donors (Lipinski definition) is 1. The molecular formula is C15H22N2O3. The summed E-state index contributed by atoms with van der Waals surface area (Å²) in [6.07, 6.45) is 0.700. The van der Waals surface area contributed by atoms with Crippen LogP contribution >= 0.6 is 0 Å². The van der Waals surface area contributed by atoms with Gasteiger partial charge in [0.2, 0.25) is 5.91 Å². The number of nitrogens with one attached hydrogen (secondary N) is 1. The van der Waals surface area contributed by atoms with Crippen LogP contribution in [0.5, 0.6) is 5.75 Å². The molecule has 5 heteroatoms. The summed E-state index contributed by atoms with van der Waals surface area (Å²) in [5.41, 5.74) is 0.982. The van der Waals surface area contributed by atoms with Gasteiger partial charge in [0.1, 0.15) is 11.9 Å². The van der Waals surface area contributed by atoms with Gasteiger partial charge in [-0.25, -0.2) is 0 Å². The number of rotatable bonds is 6. The van der Waals surface area contributed by atoms with Gasteiger partial charge in [-0.05, 0) is 12.5 Å². The molecule has 1 aromatic rings. The summed E-state index contributed by atoms with van der Waals surface area (Å²) in [4.78, 5) is 14.1. The predicted molar refractivity (Wildman–Crippen MR) is 76.5 cm³/mol. The first kappa shape index (κ1) is 14.8. The second-order valence-corrected chi connectivity index (χ2v) is 4.84. The number of carbonyl (C=O) groups excluding carboxylic acids is 1. The van der Waals surface area contributed by atoms with E-state index in [1.165, 1.54) is 0 Å². The van der Waals surface area contributed by atoms with Gasteiger partial charge in [0.25, 0.3) is 0 Å². The van der Waals surface area contributed by atoms with Gasteiger partial charge in [0.15, 0.2) is 0 Å². The molecule has 1 N–H and O–H groups in total. The topological polar surface area (TPSA) is 50.8 Å². The minimum atomic E-state index is -0.154. The maximum atomic E-state index is 12.2. The zero-order chi connectivity index (χ0) is 14.5. The first-order valence-electron chi connectivity index (χ1n) is 6.89. The lowest BCUT2D eigenvalue weighted by Gasteiger charge is -2.32. The van der Waals surface area contributed by atoms with E-state index < -0.39 is 0 Å². The Morgan fingerprint density at radius 2 is 2.15 bits per heavy atom.